The van der Waals surface area contributed by atoms with Gasteiger partial charge in [-0.05, 0) is 17.9 Å². The Kier molecular flexibility index (Phi) is 20.0. The fraction of sp³-hybridized carbons (Fsp3) is 1.00. The molecule has 2 unspecified atom stereocenters. The average molecular weight is 441 g/mol. The van der Waals surface area contributed by atoms with Crippen molar-refractivity contribution >= 4 is 97.6 Å². The lowest BCUT2D eigenvalue weighted by Gasteiger charge is -2.21. The van der Waals surface area contributed by atoms with Gasteiger partial charge < -0.3 is 0 Å². The summed E-state index contributed by atoms with van der Waals surface area (Å²) in [6.07, 6.45) is 1.22. The zero-order chi connectivity index (χ0) is 15.9. The van der Waals surface area contributed by atoms with Gasteiger partial charge in [0.1, 0.15) is 0 Å². The highest BCUT2D eigenvalue weighted by Gasteiger charge is 2.15. The van der Waals surface area contributed by atoms with Crippen molar-refractivity contribution in [3.8, 4) is 0 Å². The molecule has 0 bridgehead atoms. The Balaban J connectivity index is 3.96. The maximum absolute atomic E-state index is 4.47. The number of hydrogen-bond acceptors (Lipinski definition) is 8. The second-order valence-electron chi connectivity index (χ2n) is 4.30. The molecular weight excluding hydrogens is 413 g/mol. The molecule has 0 amide bonds. The molecule has 0 saturated carbocycles. The summed E-state index contributed by atoms with van der Waals surface area (Å²) in [5.74, 6) is 8.48. The maximum atomic E-state index is 4.47. The first-order valence-corrected chi connectivity index (χ1v) is 13.8. The highest BCUT2D eigenvalue weighted by atomic mass is 32.2. The summed E-state index contributed by atoms with van der Waals surface area (Å²) in [6.45, 7) is 2.29. The molecule has 0 nitrogen and oxygen atoms in total. The summed E-state index contributed by atoms with van der Waals surface area (Å²) in [7, 11) is 0. The molecule has 0 aromatic rings. The molecule has 0 aliphatic heterocycles. The van der Waals surface area contributed by atoms with Gasteiger partial charge in [0.05, 0.1) is 4.58 Å². The smallest absolute Gasteiger partial charge is 0.0500 e. The van der Waals surface area contributed by atoms with Crippen LogP contribution in [0, 0.1) is 0 Å². The van der Waals surface area contributed by atoms with E-state index in [0.29, 0.717) is 15.1 Å². The standard InChI is InChI=1S/C13H28S8/c1-2-13(20-9-11(7-16)18-5-3-14)21-10-12(8-17)19-6-4-15/h11-17H,2-10H2,1H3/t11-,12?,13?/m0/s1. The molecule has 0 N–H and O–H groups in total. The van der Waals surface area contributed by atoms with E-state index in [0.717, 1.165) is 34.5 Å². The van der Waals surface area contributed by atoms with Crippen LogP contribution in [0.2, 0.25) is 0 Å². The maximum Gasteiger partial charge on any atom is 0.0500 e. The van der Waals surface area contributed by atoms with Crippen molar-refractivity contribution in [3.05, 3.63) is 0 Å². The molecule has 0 spiro atoms. The molecule has 128 valence electrons. The van der Waals surface area contributed by atoms with Gasteiger partial charge in [-0.25, -0.2) is 0 Å². The van der Waals surface area contributed by atoms with Gasteiger partial charge in [0.25, 0.3) is 0 Å². The lowest BCUT2D eigenvalue weighted by Crippen LogP contribution is -2.15. The number of thioether (sulfide) groups is 4. The van der Waals surface area contributed by atoms with Gasteiger partial charge in [-0.15, -0.1) is 23.5 Å². The van der Waals surface area contributed by atoms with Crippen molar-refractivity contribution in [2.45, 2.75) is 28.4 Å². The van der Waals surface area contributed by atoms with Gasteiger partial charge in [-0.3, -0.25) is 0 Å². The van der Waals surface area contributed by atoms with E-state index < -0.39 is 0 Å². The number of hydrogen-bond donors (Lipinski definition) is 4. The fourth-order valence-corrected chi connectivity index (χ4v) is 8.08. The molecule has 21 heavy (non-hydrogen) atoms. The van der Waals surface area contributed by atoms with Crippen LogP contribution < -0.4 is 0 Å². The van der Waals surface area contributed by atoms with E-state index in [1.165, 1.54) is 17.9 Å². The molecule has 8 heteroatoms. The van der Waals surface area contributed by atoms with Gasteiger partial charge in [-0.1, -0.05) is 6.92 Å². The Bertz CT molecular complexity index is 196. The van der Waals surface area contributed by atoms with E-state index in [9.17, 15) is 0 Å². The third kappa shape index (κ3) is 13.7. The summed E-state index contributed by atoms with van der Waals surface area (Å²) < 4.78 is 0.697. The monoisotopic (exact) mass is 440 g/mol. The minimum absolute atomic E-state index is 0.652. The molecular formula is C13H28S8. The Morgan fingerprint density at radius 3 is 1.43 bits per heavy atom. The molecule has 0 fully saturated rings. The van der Waals surface area contributed by atoms with Gasteiger partial charge in [0.15, 0.2) is 0 Å². The second kappa shape index (κ2) is 17.6. The molecule has 0 heterocycles. The molecule has 0 aliphatic carbocycles. The van der Waals surface area contributed by atoms with Crippen LogP contribution >= 0.6 is 97.6 Å². The Hall–Kier alpha value is 2.80. The molecule has 0 radical (unpaired) electrons. The third-order valence-electron chi connectivity index (χ3n) is 2.57. The highest BCUT2D eigenvalue weighted by Crippen LogP contribution is 2.32. The second-order valence-corrected chi connectivity index (χ2v) is 11.5. The minimum Gasteiger partial charge on any atom is -0.179 e. The van der Waals surface area contributed by atoms with Crippen LogP contribution in [0.15, 0.2) is 0 Å². The first-order chi connectivity index (χ1) is 10.2. The molecule has 0 aromatic carbocycles. The van der Waals surface area contributed by atoms with Crippen LogP contribution in [-0.4, -0.2) is 61.1 Å². The number of rotatable bonds is 15. The van der Waals surface area contributed by atoms with Crippen molar-refractivity contribution < 1.29 is 0 Å². The Morgan fingerprint density at radius 2 is 1.14 bits per heavy atom. The van der Waals surface area contributed by atoms with Crippen LogP contribution in [-0.2, 0) is 0 Å². The van der Waals surface area contributed by atoms with Crippen LogP contribution in [0.1, 0.15) is 13.3 Å². The van der Waals surface area contributed by atoms with Crippen molar-refractivity contribution in [2.75, 3.05) is 46.0 Å². The molecule has 0 aromatic heterocycles. The molecule has 0 rings (SSSR count). The lowest BCUT2D eigenvalue weighted by atomic mass is 10.5. The summed E-state index contributed by atoms with van der Waals surface area (Å²) in [6, 6.07) is 0. The van der Waals surface area contributed by atoms with Crippen LogP contribution in [0.5, 0.6) is 0 Å². The van der Waals surface area contributed by atoms with Gasteiger partial charge in [0, 0.05) is 45.0 Å². The van der Waals surface area contributed by atoms with Crippen molar-refractivity contribution in [3.63, 3.8) is 0 Å². The van der Waals surface area contributed by atoms with E-state index in [1.807, 2.05) is 23.5 Å². The van der Waals surface area contributed by atoms with E-state index in [2.05, 4.69) is 81.0 Å². The normalized spacial score (nSPS) is 15.9. The van der Waals surface area contributed by atoms with Gasteiger partial charge in [0.2, 0.25) is 0 Å². The molecule has 3 atom stereocenters. The Labute approximate surface area is 170 Å². The topological polar surface area (TPSA) is 0 Å². The predicted octanol–water partition coefficient (Wildman–Crippen LogP) is 5.11. The van der Waals surface area contributed by atoms with Gasteiger partial charge in [-0.2, -0.15) is 74.0 Å². The lowest BCUT2D eigenvalue weighted by molar-refractivity contribution is 1.04. The quantitative estimate of drug-likeness (QED) is 0.206. The van der Waals surface area contributed by atoms with E-state index in [4.69, 9.17) is 0 Å². The van der Waals surface area contributed by atoms with Gasteiger partial charge >= 0.3 is 0 Å². The van der Waals surface area contributed by atoms with Crippen LogP contribution in [0.3, 0.4) is 0 Å². The largest absolute Gasteiger partial charge is 0.179 e. The summed E-state index contributed by atoms with van der Waals surface area (Å²) in [4.78, 5) is 0. The van der Waals surface area contributed by atoms with E-state index in [1.54, 1.807) is 0 Å². The van der Waals surface area contributed by atoms with E-state index >= 15 is 0 Å². The average Bonchev–Trinajstić information content (AvgIpc) is 2.52. The minimum atomic E-state index is 0.652. The van der Waals surface area contributed by atoms with Crippen molar-refractivity contribution in [2.24, 2.45) is 0 Å². The number of thiol groups is 4. The van der Waals surface area contributed by atoms with Crippen molar-refractivity contribution in [1.82, 2.24) is 0 Å². The summed E-state index contributed by atoms with van der Waals surface area (Å²) in [5, 5.41) is 1.30. The highest BCUT2D eigenvalue weighted by molar-refractivity contribution is 8.17. The fourth-order valence-electron chi connectivity index (χ4n) is 1.46. The zero-order valence-electron chi connectivity index (χ0n) is 12.5. The molecule has 0 saturated heterocycles. The zero-order valence-corrected chi connectivity index (χ0v) is 19.4. The molecule has 0 aliphatic rings. The first-order valence-electron chi connectivity index (χ1n) is 7.11. The van der Waals surface area contributed by atoms with E-state index in [-0.39, 0.29) is 0 Å². The third-order valence-corrected chi connectivity index (χ3v) is 11.3. The summed E-state index contributed by atoms with van der Waals surface area (Å²) in [5.41, 5.74) is 0. The van der Waals surface area contributed by atoms with Crippen LogP contribution in [0.4, 0.5) is 0 Å². The summed E-state index contributed by atoms with van der Waals surface area (Å²) >= 11 is 25.7. The van der Waals surface area contributed by atoms with Crippen LogP contribution in [0.25, 0.3) is 0 Å². The first kappa shape index (κ1) is 23.8. The SMILES string of the molecule is CCC(SCC(CS)SCCS)SC[C@H](CS)SCCS. The predicted molar refractivity (Wildman–Crippen MR) is 127 cm³/mol. The van der Waals surface area contributed by atoms with Crippen molar-refractivity contribution in [1.29, 1.82) is 0 Å². The Morgan fingerprint density at radius 1 is 0.714 bits per heavy atom.